The zero-order chi connectivity index (χ0) is 21.0. The highest BCUT2D eigenvalue weighted by Crippen LogP contribution is 2.38. The average molecular weight is 416 g/mol. The molecule has 3 aromatic rings. The van der Waals surface area contributed by atoms with Gasteiger partial charge in [0.15, 0.2) is 5.82 Å². The Balaban J connectivity index is 2.24. The number of aliphatic hydroxyl groups is 2. The van der Waals surface area contributed by atoms with E-state index in [-0.39, 0.29) is 28.6 Å². The molecule has 0 amide bonds. The number of rotatable bonds is 6. The van der Waals surface area contributed by atoms with Gasteiger partial charge in [-0.15, -0.1) is 16.1 Å². The number of aliphatic hydroxyl groups excluding tert-OH is 2. The molecule has 0 saturated heterocycles. The van der Waals surface area contributed by atoms with Crippen LogP contribution in [0.1, 0.15) is 12.5 Å². The summed E-state index contributed by atoms with van der Waals surface area (Å²) in [5, 5.41) is 31.5. The Morgan fingerprint density at radius 1 is 1.24 bits per heavy atom. The van der Waals surface area contributed by atoms with Crippen molar-refractivity contribution in [3.05, 3.63) is 46.7 Å². The van der Waals surface area contributed by atoms with Crippen LogP contribution in [-0.4, -0.2) is 46.8 Å². The highest BCUT2D eigenvalue weighted by Gasteiger charge is 2.20. The molecule has 0 aliphatic carbocycles. The van der Waals surface area contributed by atoms with Gasteiger partial charge in [-0.2, -0.15) is 0 Å². The monoisotopic (exact) mass is 415 g/mol. The lowest BCUT2D eigenvalue weighted by Crippen LogP contribution is -2.23. The van der Waals surface area contributed by atoms with Crippen molar-refractivity contribution < 1.29 is 19.3 Å². The number of ether oxygens (including phenoxy) is 1. The van der Waals surface area contributed by atoms with E-state index in [0.717, 1.165) is 5.56 Å². The Labute approximate surface area is 172 Å². The van der Waals surface area contributed by atoms with E-state index in [0.29, 0.717) is 16.6 Å². The van der Waals surface area contributed by atoms with Crippen LogP contribution in [0.5, 0.6) is 5.75 Å². The molecule has 8 heteroatoms. The van der Waals surface area contributed by atoms with E-state index in [1.807, 2.05) is 0 Å². The lowest BCUT2D eigenvalue weighted by molar-refractivity contribution is 0.105. The number of anilines is 1. The predicted octanol–water partition coefficient (Wildman–Crippen LogP) is 3.23. The van der Waals surface area contributed by atoms with Crippen molar-refractivity contribution in [1.29, 1.82) is 0 Å². The summed E-state index contributed by atoms with van der Waals surface area (Å²) >= 11 is 5.95. The number of nitrogens with zero attached hydrogens (tertiary/aromatic N) is 2. The minimum absolute atomic E-state index is 0.0714. The molecule has 0 aliphatic heterocycles. The maximum atomic E-state index is 14.8. The Hall–Kier alpha value is -2.92. The second-order valence-electron chi connectivity index (χ2n) is 6.21. The number of methoxy groups -OCH3 is 1. The number of aromatic nitrogens is 2. The van der Waals surface area contributed by atoms with E-state index in [1.54, 1.807) is 25.1 Å². The maximum absolute atomic E-state index is 14.8. The molecule has 0 radical (unpaired) electrons. The van der Waals surface area contributed by atoms with Crippen LogP contribution in [0, 0.1) is 17.7 Å². The molecule has 150 valence electrons. The van der Waals surface area contributed by atoms with Gasteiger partial charge in [-0.3, -0.25) is 0 Å². The summed E-state index contributed by atoms with van der Waals surface area (Å²) in [4.78, 5) is 0. The lowest BCUT2D eigenvalue weighted by Gasteiger charge is -2.15. The van der Waals surface area contributed by atoms with Gasteiger partial charge in [0.2, 0.25) is 0 Å². The molecular formula is C21H19ClFN3O3. The number of hydrogen-bond donors (Lipinski definition) is 3. The molecule has 0 bridgehead atoms. The molecule has 6 nitrogen and oxygen atoms in total. The van der Waals surface area contributed by atoms with Gasteiger partial charge >= 0.3 is 0 Å². The van der Waals surface area contributed by atoms with Crippen molar-refractivity contribution in [3.8, 4) is 28.8 Å². The first-order valence-corrected chi connectivity index (χ1v) is 9.15. The zero-order valence-corrected chi connectivity index (χ0v) is 16.6. The maximum Gasteiger partial charge on any atom is 0.156 e. The zero-order valence-electron chi connectivity index (χ0n) is 15.8. The normalized spacial score (nSPS) is 11.7. The van der Waals surface area contributed by atoms with E-state index in [9.17, 15) is 9.50 Å². The van der Waals surface area contributed by atoms with Crippen molar-refractivity contribution >= 4 is 28.2 Å². The molecule has 3 rings (SSSR count). The molecule has 3 N–H and O–H groups in total. The van der Waals surface area contributed by atoms with E-state index < -0.39 is 18.5 Å². The van der Waals surface area contributed by atoms with Crippen LogP contribution < -0.4 is 10.1 Å². The topological polar surface area (TPSA) is 87.5 Å². The van der Waals surface area contributed by atoms with Crippen molar-refractivity contribution in [2.24, 2.45) is 0 Å². The number of hydrogen-bond acceptors (Lipinski definition) is 6. The predicted molar refractivity (Wildman–Crippen MR) is 111 cm³/mol. The van der Waals surface area contributed by atoms with Crippen LogP contribution in [0.4, 0.5) is 10.2 Å². The van der Waals surface area contributed by atoms with Crippen molar-refractivity contribution in [2.75, 3.05) is 25.6 Å². The molecule has 1 heterocycles. The van der Waals surface area contributed by atoms with Crippen LogP contribution in [0.15, 0.2) is 30.3 Å². The standard InChI is InChI=1S/C21H19ClFN3O3/c1-3-4-12-5-6-15-16(7-12)21(24-10-14(28)11-27)26-25-20(15)19-17(23)8-13(22)9-18(19)29-2/h5-9,14,27-28H,10-11H2,1-2H3,(H,24,26)/t14-/m0/s1. The first-order chi connectivity index (χ1) is 14.0. The van der Waals surface area contributed by atoms with Gasteiger partial charge in [0, 0.05) is 27.9 Å². The van der Waals surface area contributed by atoms with E-state index in [2.05, 4.69) is 27.4 Å². The third-order valence-corrected chi connectivity index (χ3v) is 4.46. The van der Waals surface area contributed by atoms with E-state index in [1.165, 1.54) is 19.2 Å². The molecule has 1 aromatic heterocycles. The summed E-state index contributed by atoms with van der Waals surface area (Å²) in [5.41, 5.74) is 1.18. The van der Waals surface area contributed by atoms with Gasteiger partial charge in [-0.1, -0.05) is 23.6 Å². The minimum atomic E-state index is -0.959. The highest BCUT2D eigenvalue weighted by atomic mass is 35.5. The number of fused-ring (bicyclic) bond motifs is 1. The fourth-order valence-electron chi connectivity index (χ4n) is 2.91. The quantitative estimate of drug-likeness (QED) is 0.536. The van der Waals surface area contributed by atoms with Crippen LogP contribution in [0.2, 0.25) is 5.02 Å². The van der Waals surface area contributed by atoms with E-state index in [4.69, 9.17) is 21.4 Å². The average Bonchev–Trinajstić information content (AvgIpc) is 2.71. The van der Waals surface area contributed by atoms with Crippen molar-refractivity contribution in [1.82, 2.24) is 10.2 Å². The summed E-state index contributed by atoms with van der Waals surface area (Å²) in [6.07, 6.45) is -0.959. The van der Waals surface area contributed by atoms with Crippen LogP contribution in [-0.2, 0) is 0 Å². The lowest BCUT2D eigenvalue weighted by atomic mass is 10.0. The first-order valence-electron chi connectivity index (χ1n) is 8.77. The fraction of sp³-hybridized carbons (Fsp3) is 0.238. The smallest absolute Gasteiger partial charge is 0.156 e. The number of halogens is 2. The summed E-state index contributed by atoms with van der Waals surface area (Å²) < 4.78 is 20.1. The largest absolute Gasteiger partial charge is 0.496 e. The second kappa shape index (κ2) is 9.05. The molecule has 0 saturated carbocycles. The van der Waals surface area contributed by atoms with E-state index >= 15 is 0 Å². The Morgan fingerprint density at radius 3 is 2.72 bits per heavy atom. The van der Waals surface area contributed by atoms with Crippen LogP contribution >= 0.6 is 11.6 Å². The summed E-state index contributed by atoms with van der Waals surface area (Å²) in [6.45, 7) is 1.41. The molecule has 0 aliphatic rings. The first kappa shape index (κ1) is 20.8. The Morgan fingerprint density at radius 2 is 2.03 bits per heavy atom. The SMILES string of the molecule is CC#Cc1ccc2c(-c3c(F)cc(Cl)cc3OC)nnc(NC[C@H](O)CO)c2c1. The number of nitrogens with one attached hydrogen (secondary N) is 1. The van der Waals surface area contributed by atoms with Crippen molar-refractivity contribution in [2.45, 2.75) is 13.0 Å². The third kappa shape index (κ3) is 4.40. The van der Waals surface area contributed by atoms with Gasteiger partial charge in [-0.25, -0.2) is 4.39 Å². The fourth-order valence-corrected chi connectivity index (χ4v) is 3.11. The highest BCUT2D eigenvalue weighted by molar-refractivity contribution is 6.30. The third-order valence-electron chi connectivity index (χ3n) is 4.24. The second-order valence-corrected chi connectivity index (χ2v) is 6.65. The summed E-state index contributed by atoms with van der Waals surface area (Å²) in [5.74, 6) is 5.84. The molecule has 0 spiro atoms. The van der Waals surface area contributed by atoms with Crippen molar-refractivity contribution in [3.63, 3.8) is 0 Å². The molecule has 1 atom stereocenters. The molecular weight excluding hydrogens is 397 g/mol. The van der Waals surface area contributed by atoms with Crippen LogP contribution in [0.3, 0.4) is 0 Å². The van der Waals surface area contributed by atoms with Gasteiger partial charge in [0.05, 0.1) is 25.4 Å². The van der Waals surface area contributed by atoms with Gasteiger partial charge in [-0.05, 0) is 31.2 Å². The summed E-state index contributed by atoms with van der Waals surface area (Å²) in [7, 11) is 1.42. The Bertz CT molecular complexity index is 1110. The minimum Gasteiger partial charge on any atom is -0.496 e. The molecule has 2 aromatic carbocycles. The molecule has 29 heavy (non-hydrogen) atoms. The number of benzene rings is 2. The van der Waals surface area contributed by atoms with Gasteiger partial charge in [0.25, 0.3) is 0 Å². The Kier molecular flexibility index (Phi) is 6.49. The van der Waals surface area contributed by atoms with Crippen LogP contribution in [0.25, 0.3) is 22.0 Å². The van der Waals surface area contributed by atoms with Gasteiger partial charge < -0.3 is 20.3 Å². The molecule has 0 unspecified atom stereocenters. The molecule has 0 fully saturated rings. The van der Waals surface area contributed by atoms with Gasteiger partial charge in [0.1, 0.15) is 17.3 Å². The summed E-state index contributed by atoms with van der Waals surface area (Å²) in [6, 6.07) is 8.08.